The molecular weight excluding hydrogens is 575 g/mol. The summed E-state index contributed by atoms with van der Waals surface area (Å²) in [7, 11) is -1.13. The van der Waals surface area contributed by atoms with Gasteiger partial charge in [-0.25, -0.2) is 9.78 Å². The van der Waals surface area contributed by atoms with Crippen molar-refractivity contribution in [3.63, 3.8) is 0 Å². The molecule has 0 atom stereocenters. The van der Waals surface area contributed by atoms with Crippen LogP contribution in [0.4, 0.5) is 24.5 Å². The molecule has 0 amide bonds. The zero-order valence-electron chi connectivity index (χ0n) is 21.2. The fraction of sp³-hybridized carbons (Fsp3) is 0.231. The van der Waals surface area contributed by atoms with E-state index in [0.717, 1.165) is 22.7 Å². The van der Waals surface area contributed by atoms with E-state index in [2.05, 4.69) is 9.82 Å². The van der Waals surface area contributed by atoms with Gasteiger partial charge in [0, 0.05) is 46.3 Å². The molecule has 2 aromatic carbocycles. The van der Waals surface area contributed by atoms with Crippen molar-refractivity contribution in [3.05, 3.63) is 70.2 Å². The third-order valence-electron chi connectivity index (χ3n) is 5.74. The van der Waals surface area contributed by atoms with Crippen LogP contribution in [0.5, 0.6) is 0 Å². The van der Waals surface area contributed by atoms with Crippen molar-refractivity contribution >= 4 is 60.5 Å². The van der Waals surface area contributed by atoms with Crippen LogP contribution in [0.3, 0.4) is 0 Å². The number of aromatic nitrogens is 1. The number of alkyl halides is 3. The van der Waals surface area contributed by atoms with E-state index in [-0.39, 0.29) is 20.6 Å². The van der Waals surface area contributed by atoms with Crippen LogP contribution in [-0.4, -0.2) is 39.6 Å². The van der Waals surface area contributed by atoms with Crippen LogP contribution in [0.15, 0.2) is 59.5 Å². The maximum Gasteiger partial charge on any atom is 0.493 e. The highest BCUT2D eigenvalue weighted by Crippen LogP contribution is 2.45. The summed E-state index contributed by atoms with van der Waals surface area (Å²) in [6, 6.07) is 13.4. The van der Waals surface area contributed by atoms with Gasteiger partial charge in [-0.05, 0) is 61.4 Å². The monoisotopic (exact) mass is 597 g/mol. The molecule has 0 aliphatic rings. The van der Waals surface area contributed by atoms with E-state index in [0.29, 0.717) is 28.1 Å². The number of aryl methyl sites for hydroxylation is 2. The number of nitrogens with zero attached hydrogens (tertiary/aromatic N) is 3. The van der Waals surface area contributed by atoms with Gasteiger partial charge in [0.2, 0.25) is 0 Å². The fourth-order valence-electron chi connectivity index (χ4n) is 3.94. The van der Waals surface area contributed by atoms with E-state index >= 15 is 0 Å². The zero-order valence-corrected chi connectivity index (χ0v) is 23.6. The van der Waals surface area contributed by atoms with Crippen LogP contribution in [0.1, 0.15) is 17.5 Å². The van der Waals surface area contributed by atoms with Gasteiger partial charge in [-0.2, -0.15) is 21.6 Å². The highest BCUT2D eigenvalue weighted by atomic mass is 35.5. The molecule has 7 nitrogen and oxygen atoms in total. The Morgan fingerprint density at radius 2 is 1.77 bits per heavy atom. The number of thiophene rings is 1. The van der Waals surface area contributed by atoms with Crippen molar-refractivity contribution in [2.24, 2.45) is 0 Å². The van der Waals surface area contributed by atoms with Crippen LogP contribution in [0.2, 0.25) is 5.02 Å². The number of pyridine rings is 1. The minimum absolute atomic E-state index is 0.0362. The summed E-state index contributed by atoms with van der Waals surface area (Å²) in [5.41, 5.74) is 2.18. The molecule has 13 heteroatoms. The number of rotatable bonds is 7. The molecule has 0 saturated carbocycles. The first-order valence-electron chi connectivity index (χ1n) is 11.5. The zero-order chi connectivity index (χ0) is 28.7. The van der Waals surface area contributed by atoms with Crippen molar-refractivity contribution in [3.8, 4) is 11.1 Å². The highest BCUT2D eigenvalue weighted by Gasteiger charge is 2.45. The van der Waals surface area contributed by atoms with Crippen molar-refractivity contribution in [1.29, 1.82) is 0 Å². The van der Waals surface area contributed by atoms with Gasteiger partial charge >= 0.3 is 12.1 Å². The summed E-state index contributed by atoms with van der Waals surface area (Å²) in [5, 5.41) is 0.453. The topological polar surface area (TPSA) is 79.8 Å². The quantitative estimate of drug-likeness (QED) is 0.219. The lowest BCUT2D eigenvalue weighted by Gasteiger charge is -2.24. The van der Waals surface area contributed by atoms with E-state index in [4.69, 9.17) is 11.6 Å². The van der Waals surface area contributed by atoms with Gasteiger partial charge in [0.05, 0.1) is 4.90 Å². The SMILES string of the molecule is CCc1sc2nc(C)cc(N(OC(=O)C(F)(F)F)S(=O)(=O)c3ccc(Cl)cc3)c2c1-c1cccc(N(C)C)c1. The number of fused-ring (bicyclic) bond motifs is 1. The largest absolute Gasteiger partial charge is 0.493 e. The fourth-order valence-corrected chi connectivity index (χ4v) is 6.50. The molecule has 0 aliphatic carbocycles. The lowest BCUT2D eigenvalue weighted by molar-refractivity contribution is -0.199. The molecule has 0 aliphatic heterocycles. The number of benzene rings is 2. The molecule has 206 valence electrons. The van der Waals surface area contributed by atoms with E-state index in [1.807, 2.05) is 50.2 Å². The van der Waals surface area contributed by atoms with Crippen molar-refractivity contribution in [2.45, 2.75) is 31.3 Å². The standard InChI is InChI=1S/C26H23ClF3N3O4S2/c1-5-21-22(16-7-6-8-18(14-16)32(3)4)23-20(13-15(2)31-24(23)38-21)33(37-25(34)26(28,29)30)39(35,36)19-11-9-17(27)10-12-19/h6-14H,5H2,1-4H3. The van der Waals surface area contributed by atoms with Crippen molar-refractivity contribution in [1.82, 2.24) is 4.98 Å². The van der Waals surface area contributed by atoms with Gasteiger partial charge < -0.3 is 9.74 Å². The molecule has 39 heavy (non-hydrogen) atoms. The highest BCUT2D eigenvalue weighted by molar-refractivity contribution is 7.92. The molecular formula is C26H23ClF3N3O4S2. The maximum absolute atomic E-state index is 13.7. The minimum atomic E-state index is -5.46. The van der Waals surface area contributed by atoms with Gasteiger partial charge in [-0.1, -0.05) is 35.1 Å². The summed E-state index contributed by atoms with van der Waals surface area (Å²) in [4.78, 5) is 23.9. The molecule has 2 heterocycles. The molecule has 2 aromatic heterocycles. The summed E-state index contributed by atoms with van der Waals surface area (Å²) >= 11 is 7.18. The van der Waals surface area contributed by atoms with Gasteiger partial charge in [0.15, 0.2) is 0 Å². The Morgan fingerprint density at radius 3 is 2.36 bits per heavy atom. The van der Waals surface area contributed by atoms with Crippen LogP contribution < -0.4 is 9.37 Å². The van der Waals surface area contributed by atoms with Crippen molar-refractivity contribution in [2.75, 3.05) is 23.5 Å². The Balaban J connectivity index is 2.07. The Morgan fingerprint density at radius 1 is 1.10 bits per heavy atom. The predicted molar refractivity (Wildman–Crippen MR) is 147 cm³/mol. The second-order valence-electron chi connectivity index (χ2n) is 8.72. The minimum Gasteiger partial charge on any atom is -0.378 e. The Kier molecular flexibility index (Phi) is 7.84. The maximum atomic E-state index is 13.7. The molecule has 4 aromatic rings. The lowest BCUT2D eigenvalue weighted by Crippen LogP contribution is -2.39. The normalized spacial score (nSPS) is 12.0. The molecule has 0 spiro atoms. The summed E-state index contributed by atoms with van der Waals surface area (Å²) in [5.74, 6) is -2.69. The van der Waals surface area contributed by atoms with Crippen LogP contribution in [0.25, 0.3) is 21.3 Å². The molecule has 0 fully saturated rings. The molecule has 0 saturated heterocycles. The van der Waals surface area contributed by atoms with Gasteiger partial charge in [0.25, 0.3) is 10.0 Å². The van der Waals surface area contributed by atoms with Gasteiger partial charge in [0.1, 0.15) is 10.5 Å². The van der Waals surface area contributed by atoms with Gasteiger partial charge in [-0.15, -0.1) is 11.3 Å². The molecule has 0 bridgehead atoms. The van der Waals surface area contributed by atoms with E-state index in [1.54, 1.807) is 6.92 Å². The first-order chi connectivity index (χ1) is 18.2. The number of carbonyl (C=O) groups excluding carboxylic acids is 1. The third-order valence-corrected chi connectivity index (χ3v) is 8.79. The van der Waals surface area contributed by atoms with E-state index in [9.17, 15) is 26.4 Å². The van der Waals surface area contributed by atoms with E-state index in [1.165, 1.54) is 29.5 Å². The Hall–Kier alpha value is -3.35. The predicted octanol–water partition coefficient (Wildman–Crippen LogP) is 6.77. The number of anilines is 2. The van der Waals surface area contributed by atoms with Crippen LogP contribution in [0, 0.1) is 6.92 Å². The number of hydrogen-bond donors (Lipinski definition) is 0. The molecule has 4 rings (SSSR count). The van der Waals surface area contributed by atoms with Gasteiger partial charge in [-0.3, -0.25) is 0 Å². The lowest BCUT2D eigenvalue weighted by atomic mass is 10.00. The summed E-state index contributed by atoms with van der Waals surface area (Å²) in [6.45, 7) is 3.47. The Labute approximate surface area is 232 Å². The Bertz CT molecular complexity index is 1650. The first kappa shape index (κ1) is 28.7. The van der Waals surface area contributed by atoms with Crippen LogP contribution in [-0.2, 0) is 26.1 Å². The summed E-state index contributed by atoms with van der Waals surface area (Å²) < 4.78 is 67.6. The second-order valence-corrected chi connectivity index (χ2v) is 12.0. The average Bonchev–Trinajstić information content (AvgIpc) is 3.24. The molecule has 0 unspecified atom stereocenters. The number of sulfonamides is 1. The third kappa shape index (κ3) is 5.68. The number of halogens is 4. The first-order valence-corrected chi connectivity index (χ1v) is 14.2. The van der Waals surface area contributed by atoms with E-state index < -0.39 is 27.1 Å². The number of carbonyl (C=O) groups is 1. The summed E-state index contributed by atoms with van der Waals surface area (Å²) in [6.07, 6.45) is -4.92. The molecule has 0 N–H and O–H groups in total. The smallest absolute Gasteiger partial charge is 0.378 e. The second kappa shape index (κ2) is 10.7. The average molecular weight is 598 g/mol. The van der Waals surface area contributed by atoms with Crippen molar-refractivity contribution < 1.29 is 31.2 Å². The number of hydrogen-bond acceptors (Lipinski definition) is 7. The molecule has 0 radical (unpaired) electrons. The van der Waals surface area contributed by atoms with Crippen LogP contribution >= 0.6 is 22.9 Å².